The van der Waals surface area contributed by atoms with Gasteiger partial charge in [-0.3, -0.25) is 0 Å². The normalized spacial score (nSPS) is 14.0. The van der Waals surface area contributed by atoms with E-state index in [0.29, 0.717) is 0 Å². The van der Waals surface area contributed by atoms with Gasteiger partial charge in [-0.05, 0) is 28.4 Å². The molecule has 0 spiro atoms. The molecule has 4 aromatic rings. The molecule has 0 saturated heterocycles. The molecule has 0 aromatic heterocycles. The quantitative estimate of drug-likeness (QED) is 0.227. The van der Waals surface area contributed by atoms with Gasteiger partial charge in [0.05, 0.1) is 0 Å². The standard InChI is InChI=1S/C21H25.C9H7.C6H10.2ClH.Zr/c1-20(2,3)16-7-9-18-14(12-16)11-15-13-17(21(4,5)6)8-10-19(15)18;1-2-5-9-7-3-6-8(9)4-1;1-2-4-6-5-3-1;;;/h7-10,12H,11H2,1-6H3;1-7H;1-5H2;2*1H;/q2*-1;;;;+2/p-2. The van der Waals surface area contributed by atoms with Gasteiger partial charge in [0.15, 0.2) is 0 Å². The van der Waals surface area contributed by atoms with E-state index in [4.69, 9.17) is 0 Å². The van der Waals surface area contributed by atoms with Crippen LogP contribution in [0.2, 0.25) is 0 Å². The van der Waals surface area contributed by atoms with Crippen LogP contribution in [0.1, 0.15) is 95.9 Å². The van der Waals surface area contributed by atoms with Crippen molar-refractivity contribution < 1.29 is 49.0 Å². The Labute approximate surface area is 264 Å². The molecule has 39 heavy (non-hydrogen) atoms. The van der Waals surface area contributed by atoms with Crippen LogP contribution in [0.3, 0.4) is 0 Å². The van der Waals surface area contributed by atoms with E-state index in [-0.39, 0.29) is 35.6 Å². The summed E-state index contributed by atoms with van der Waals surface area (Å²) < 4.78 is 1.80. The second kappa shape index (κ2) is 14.5. The Bertz CT molecular complexity index is 1270. The zero-order valence-corrected chi connectivity index (χ0v) is 28.4. The summed E-state index contributed by atoms with van der Waals surface area (Å²) in [7, 11) is 0. The predicted molar refractivity (Wildman–Crippen MR) is 159 cm³/mol. The maximum Gasteiger partial charge on any atom is -0.0809 e. The summed E-state index contributed by atoms with van der Waals surface area (Å²) >= 11 is 1.69. The topological polar surface area (TPSA) is 0 Å². The molecular formula is C36H42Cl2Zr-2. The summed E-state index contributed by atoms with van der Waals surface area (Å²) in [6.07, 6.45) is 8.34. The van der Waals surface area contributed by atoms with Crippen LogP contribution in [-0.2, 0) is 41.5 Å². The second-order valence-electron chi connectivity index (χ2n) is 12.6. The summed E-state index contributed by atoms with van der Waals surface area (Å²) in [6.45, 7) is 13.6. The van der Waals surface area contributed by atoms with E-state index in [0.717, 1.165) is 6.42 Å². The summed E-state index contributed by atoms with van der Waals surface area (Å²) in [4.78, 5) is 0. The van der Waals surface area contributed by atoms with E-state index >= 15 is 0 Å². The minimum Gasteiger partial charge on any atom is -0.168 e. The Kier molecular flexibility index (Phi) is 12.6. The molecule has 6 rings (SSSR count). The fourth-order valence-corrected chi connectivity index (χ4v) is 5.95. The van der Waals surface area contributed by atoms with Crippen LogP contribution in [0.15, 0.2) is 72.8 Å². The molecule has 3 heteroatoms. The second-order valence-corrected chi connectivity index (χ2v) is 14.4. The minimum absolute atomic E-state index is 0. The fraction of sp³-hybridized carbons (Fsp3) is 0.389. The zero-order valence-electron chi connectivity index (χ0n) is 24.4. The van der Waals surface area contributed by atoms with E-state index in [1.54, 1.807) is 27.4 Å². The smallest absolute Gasteiger partial charge is 0.0809 e. The molecule has 0 bridgehead atoms. The van der Waals surface area contributed by atoms with Crippen LogP contribution in [-0.4, -0.2) is 3.21 Å². The van der Waals surface area contributed by atoms with Crippen molar-refractivity contribution in [3.05, 3.63) is 101 Å². The molecule has 0 heterocycles. The molecule has 2 aliphatic rings. The average molecular weight is 637 g/mol. The van der Waals surface area contributed by atoms with Crippen molar-refractivity contribution in [1.82, 2.24) is 0 Å². The van der Waals surface area contributed by atoms with Gasteiger partial charge in [-0.2, -0.15) is 41.3 Å². The first-order chi connectivity index (χ1) is 17.5. The summed E-state index contributed by atoms with van der Waals surface area (Å²) in [5.41, 5.74) is 8.70. The van der Waals surface area contributed by atoms with Crippen LogP contribution in [0.5, 0.6) is 0 Å². The number of benzene rings is 3. The van der Waals surface area contributed by atoms with Gasteiger partial charge in [0.1, 0.15) is 0 Å². The third-order valence-corrected chi connectivity index (χ3v) is 8.70. The van der Waals surface area contributed by atoms with E-state index < -0.39 is 0 Å². The molecule has 0 amide bonds. The van der Waals surface area contributed by atoms with Gasteiger partial charge in [0.25, 0.3) is 0 Å². The molecule has 0 radical (unpaired) electrons. The van der Waals surface area contributed by atoms with Crippen molar-refractivity contribution in [2.75, 3.05) is 0 Å². The van der Waals surface area contributed by atoms with Gasteiger partial charge < -0.3 is 24.8 Å². The van der Waals surface area contributed by atoms with Crippen molar-refractivity contribution >= 4 is 14.0 Å². The molecule has 2 aliphatic carbocycles. The van der Waals surface area contributed by atoms with Crippen molar-refractivity contribution in [2.45, 2.75) is 90.9 Å². The van der Waals surface area contributed by atoms with Gasteiger partial charge in [-0.15, -0.1) is 40.8 Å². The number of hydrogen-bond donors (Lipinski definition) is 0. The Morgan fingerprint density at radius 1 is 0.744 bits per heavy atom. The van der Waals surface area contributed by atoms with Crippen LogP contribution >= 0.6 is 0 Å². The summed E-state index contributed by atoms with van der Waals surface area (Å²) in [5, 5.41) is 2.66. The van der Waals surface area contributed by atoms with Crippen molar-refractivity contribution in [3.8, 4) is 11.1 Å². The maximum absolute atomic E-state index is 3.67. The molecule has 0 atom stereocenters. The van der Waals surface area contributed by atoms with E-state index in [2.05, 4.69) is 120 Å². The zero-order chi connectivity index (χ0) is 26.6. The molecule has 0 nitrogen and oxygen atoms in total. The summed E-state index contributed by atoms with van der Waals surface area (Å²) in [6, 6.07) is 29.8. The molecule has 0 aliphatic heterocycles. The fourth-order valence-electron chi connectivity index (χ4n) is 5.08. The molecule has 0 unspecified atom stereocenters. The van der Waals surface area contributed by atoms with Crippen molar-refractivity contribution in [3.63, 3.8) is 0 Å². The number of rotatable bonds is 0. The van der Waals surface area contributed by atoms with Crippen molar-refractivity contribution in [1.29, 1.82) is 0 Å². The van der Waals surface area contributed by atoms with Crippen LogP contribution in [0, 0.1) is 6.07 Å². The summed E-state index contributed by atoms with van der Waals surface area (Å²) in [5.74, 6) is 0. The maximum atomic E-state index is 3.67. The SMILES string of the molecule is CC(C)(C)c1[c-]c2c(cc1)-c1ccc(C(C)(C)C)cc1C2.[Cl-].[Cl-].[Zr+2]=[C]1CCCCC1.c1ccc2[cH-]ccc2c1. The molecule has 0 N–H and O–H groups in total. The first-order valence-electron chi connectivity index (χ1n) is 13.9. The van der Waals surface area contributed by atoms with Crippen LogP contribution in [0.4, 0.5) is 0 Å². The van der Waals surface area contributed by atoms with E-state index in [1.807, 2.05) is 0 Å². The monoisotopic (exact) mass is 634 g/mol. The first-order valence-corrected chi connectivity index (χ1v) is 15.1. The van der Waals surface area contributed by atoms with E-state index in [1.165, 1.54) is 76.3 Å². The minimum atomic E-state index is 0. The molecule has 4 aromatic carbocycles. The Hall–Kier alpha value is -1.40. The van der Waals surface area contributed by atoms with Gasteiger partial charge in [-0.25, -0.2) is 0 Å². The predicted octanol–water partition coefficient (Wildman–Crippen LogP) is 3.89. The third kappa shape index (κ3) is 9.05. The van der Waals surface area contributed by atoms with E-state index in [9.17, 15) is 0 Å². The van der Waals surface area contributed by atoms with Gasteiger partial charge >= 0.3 is 59.5 Å². The number of fused-ring (bicyclic) bond motifs is 4. The molecular weight excluding hydrogens is 595 g/mol. The van der Waals surface area contributed by atoms with Crippen LogP contribution < -0.4 is 24.8 Å². The molecule has 1 fully saturated rings. The Balaban J connectivity index is 0.000000244. The molecule has 206 valence electrons. The molecule has 1 saturated carbocycles. The Morgan fingerprint density at radius 3 is 2.00 bits per heavy atom. The van der Waals surface area contributed by atoms with Gasteiger partial charge in [0.2, 0.25) is 0 Å². The third-order valence-electron chi connectivity index (χ3n) is 7.47. The van der Waals surface area contributed by atoms with Crippen molar-refractivity contribution in [2.24, 2.45) is 0 Å². The Morgan fingerprint density at radius 2 is 1.41 bits per heavy atom. The van der Waals surface area contributed by atoms with Crippen LogP contribution in [0.25, 0.3) is 21.9 Å². The average Bonchev–Trinajstić information content (AvgIpc) is 3.48. The largest absolute Gasteiger partial charge is 0.168 e. The van der Waals surface area contributed by atoms with Gasteiger partial charge in [0, 0.05) is 0 Å². The number of hydrogen-bond acceptors (Lipinski definition) is 0. The number of halogens is 2. The van der Waals surface area contributed by atoms with Gasteiger partial charge in [-0.1, -0.05) is 71.4 Å². The first kappa shape index (κ1) is 33.8.